The number of benzene rings is 1. The number of carbonyl (C=O) groups is 1. The molecule has 0 N–H and O–H groups in total. The largest absolute Gasteiger partial charge is 0.462 e. The Kier molecular flexibility index (Phi) is 4.34. The van der Waals surface area contributed by atoms with E-state index in [1.54, 1.807) is 26.0 Å². The van der Waals surface area contributed by atoms with Crippen molar-refractivity contribution in [2.45, 2.75) is 13.8 Å². The topological polar surface area (TPSA) is 75.1 Å². The molecule has 0 aliphatic rings. The van der Waals surface area contributed by atoms with E-state index in [-0.39, 0.29) is 0 Å². The summed E-state index contributed by atoms with van der Waals surface area (Å²) in [6, 6.07) is 3.21. The molecule has 0 amide bonds. The monoisotopic (exact) mass is 283 g/mol. The van der Waals surface area contributed by atoms with Gasteiger partial charge in [-0.05, 0) is 37.1 Å². The van der Waals surface area contributed by atoms with E-state index in [2.05, 4.69) is 26.0 Å². The highest BCUT2D eigenvalue weighted by Crippen LogP contribution is 2.30. The second-order valence-electron chi connectivity index (χ2n) is 3.03. The second-order valence-corrected chi connectivity index (χ2v) is 3.89. The molecular formula is C10H10BrN3O2. The molecule has 6 heteroatoms. The van der Waals surface area contributed by atoms with Gasteiger partial charge in [0.05, 0.1) is 17.9 Å². The van der Waals surface area contributed by atoms with E-state index in [0.29, 0.717) is 22.3 Å². The van der Waals surface area contributed by atoms with Crippen LogP contribution in [0.1, 0.15) is 22.8 Å². The molecule has 0 aromatic heterocycles. The molecule has 0 atom stereocenters. The Morgan fingerprint density at radius 1 is 1.62 bits per heavy atom. The lowest BCUT2D eigenvalue weighted by molar-refractivity contribution is 0.0526. The van der Waals surface area contributed by atoms with Gasteiger partial charge in [-0.3, -0.25) is 0 Å². The first-order valence-corrected chi connectivity index (χ1v) is 5.41. The van der Waals surface area contributed by atoms with E-state index in [1.165, 1.54) is 0 Å². The van der Waals surface area contributed by atoms with Crippen molar-refractivity contribution in [2.24, 2.45) is 5.11 Å². The van der Waals surface area contributed by atoms with Crippen molar-refractivity contribution in [2.75, 3.05) is 6.61 Å². The maximum Gasteiger partial charge on any atom is 0.338 e. The van der Waals surface area contributed by atoms with Crippen LogP contribution in [0.5, 0.6) is 0 Å². The van der Waals surface area contributed by atoms with Gasteiger partial charge in [-0.2, -0.15) is 0 Å². The lowest BCUT2D eigenvalue weighted by atomic mass is 10.1. The number of aryl methyl sites for hydroxylation is 1. The molecule has 0 fully saturated rings. The smallest absolute Gasteiger partial charge is 0.338 e. The molecule has 0 saturated carbocycles. The fraction of sp³-hybridized carbons (Fsp3) is 0.300. The van der Waals surface area contributed by atoms with Crippen LogP contribution in [0.4, 0.5) is 5.69 Å². The number of carbonyl (C=O) groups excluding carboxylic acids is 1. The Labute approximate surface area is 101 Å². The van der Waals surface area contributed by atoms with Gasteiger partial charge in [-0.1, -0.05) is 21.0 Å². The summed E-state index contributed by atoms with van der Waals surface area (Å²) in [5.74, 6) is -0.390. The molecule has 0 aliphatic heterocycles. The SMILES string of the molecule is CCOC(=O)c1cc(C)c(N=[N+]=[N-])c(Br)c1. The summed E-state index contributed by atoms with van der Waals surface area (Å²) >= 11 is 3.25. The molecule has 5 nitrogen and oxygen atoms in total. The van der Waals surface area contributed by atoms with Gasteiger partial charge in [-0.15, -0.1) is 0 Å². The summed E-state index contributed by atoms with van der Waals surface area (Å²) in [7, 11) is 0. The zero-order valence-electron chi connectivity index (χ0n) is 8.90. The molecule has 1 aromatic rings. The number of ether oxygens (including phenoxy) is 1. The van der Waals surface area contributed by atoms with Gasteiger partial charge >= 0.3 is 5.97 Å². The van der Waals surface area contributed by atoms with E-state index in [0.717, 1.165) is 5.56 Å². The van der Waals surface area contributed by atoms with Gasteiger partial charge < -0.3 is 4.74 Å². The molecule has 0 aliphatic carbocycles. The van der Waals surface area contributed by atoms with Crippen molar-refractivity contribution in [3.05, 3.63) is 38.2 Å². The van der Waals surface area contributed by atoms with E-state index in [4.69, 9.17) is 10.3 Å². The summed E-state index contributed by atoms with van der Waals surface area (Å²) in [4.78, 5) is 14.2. The van der Waals surface area contributed by atoms with Crippen LogP contribution in [0.15, 0.2) is 21.7 Å². The van der Waals surface area contributed by atoms with Gasteiger partial charge in [0.15, 0.2) is 0 Å². The fourth-order valence-corrected chi connectivity index (χ4v) is 1.88. The number of azide groups is 1. The van der Waals surface area contributed by atoms with E-state index in [9.17, 15) is 4.79 Å². The molecule has 0 spiro atoms. The molecule has 1 rings (SSSR count). The molecule has 0 bridgehead atoms. The normalized spacial score (nSPS) is 9.44. The highest BCUT2D eigenvalue weighted by molar-refractivity contribution is 9.10. The van der Waals surface area contributed by atoms with Crippen LogP contribution in [-0.4, -0.2) is 12.6 Å². The van der Waals surface area contributed by atoms with Crippen LogP contribution in [0.25, 0.3) is 10.4 Å². The van der Waals surface area contributed by atoms with E-state index < -0.39 is 5.97 Å². The zero-order chi connectivity index (χ0) is 12.1. The van der Waals surface area contributed by atoms with Crippen LogP contribution in [0.2, 0.25) is 0 Å². The summed E-state index contributed by atoms with van der Waals surface area (Å²) in [5, 5.41) is 3.53. The summed E-state index contributed by atoms with van der Waals surface area (Å²) in [6.45, 7) is 3.83. The van der Waals surface area contributed by atoms with Crippen molar-refractivity contribution < 1.29 is 9.53 Å². The van der Waals surface area contributed by atoms with Crippen LogP contribution < -0.4 is 0 Å². The lowest BCUT2D eigenvalue weighted by Crippen LogP contribution is -2.04. The maximum atomic E-state index is 11.5. The quantitative estimate of drug-likeness (QED) is 0.365. The predicted octanol–water partition coefficient (Wildman–Crippen LogP) is 3.88. The standard InChI is InChI=1S/C10H10BrN3O2/c1-3-16-10(15)7-4-6(2)9(13-14-12)8(11)5-7/h4-5H,3H2,1-2H3. The Balaban J connectivity index is 3.19. The summed E-state index contributed by atoms with van der Waals surface area (Å²) in [5.41, 5.74) is 10.0. The van der Waals surface area contributed by atoms with Crippen molar-refractivity contribution in [3.63, 3.8) is 0 Å². The van der Waals surface area contributed by atoms with Crippen molar-refractivity contribution in [3.8, 4) is 0 Å². The summed E-state index contributed by atoms with van der Waals surface area (Å²) in [6.07, 6.45) is 0. The third kappa shape index (κ3) is 2.74. The molecule has 1 aromatic carbocycles. The van der Waals surface area contributed by atoms with Crippen molar-refractivity contribution >= 4 is 27.6 Å². The Morgan fingerprint density at radius 3 is 2.81 bits per heavy atom. The highest BCUT2D eigenvalue weighted by Gasteiger charge is 2.11. The van der Waals surface area contributed by atoms with Crippen molar-refractivity contribution in [1.82, 2.24) is 0 Å². The molecule has 84 valence electrons. The third-order valence-electron chi connectivity index (χ3n) is 1.91. The first-order valence-electron chi connectivity index (χ1n) is 4.62. The van der Waals surface area contributed by atoms with E-state index in [1.807, 2.05) is 0 Å². The van der Waals surface area contributed by atoms with Crippen molar-refractivity contribution in [1.29, 1.82) is 0 Å². The summed E-state index contributed by atoms with van der Waals surface area (Å²) < 4.78 is 5.45. The Hall–Kier alpha value is -1.52. The zero-order valence-corrected chi connectivity index (χ0v) is 10.5. The first kappa shape index (κ1) is 12.5. The molecule has 0 radical (unpaired) electrons. The van der Waals surface area contributed by atoms with Crippen LogP contribution >= 0.6 is 15.9 Å². The average molecular weight is 284 g/mol. The Bertz CT molecular complexity index is 444. The number of nitrogens with zero attached hydrogens (tertiary/aromatic N) is 3. The molecule has 16 heavy (non-hydrogen) atoms. The number of rotatable bonds is 3. The number of halogens is 1. The highest BCUT2D eigenvalue weighted by atomic mass is 79.9. The van der Waals surface area contributed by atoms with Crippen LogP contribution in [0.3, 0.4) is 0 Å². The average Bonchev–Trinajstić information content (AvgIpc) is 2.23. The molecule has 0 heterocycles. The number of esters is 1. The Morgan fingerprint density at radius 2 is 2.31 bits per heavy atom. The first-order chi connectivity index (χ1) is 7.60. The number of hydrogen-bond donors (Lipinski definition) is 0. The molecule has 0 saturated heterocycles. The van der Waals surface area contributed by atoms with Gasteiger partial charge in [-0.25, -0.2) is 4.79 Å². The maximum absolute atomic E-state index is 11.5. The van der Waals surface area contributed by atoms with Gasteiger partial charge in [0.25, 0.3) is 0 Å². The second kappa shape index (κ2) is 5.53. The molecular weight excluding hydrogens is 274 g/mol. The fourth-order valence-electron chi connectivity index (χ4n) is 1.24. The molecule has 0 unspecified atom stereocenters. The van der Waals surface area contributed by atoms with Gasteiger partial charge in [0, 0.05) is 9.38 Å². The minimum atomic E-state index is -0.390. The third-order valence-corrected chi connectivity index (χ3v) is 2.51. The minimum Gasteiger partial charge on any atom is -0.462 e. The van der Waals surface area contributed by atoms with Crippen LogP contribution in [-0.2, 0) is 4.74 Å². The van der Waals surface area contributed by atoms with Gasteiger partial charge in [0.2, 0.25) is 0 Å². The van der Waals surface area contributed by atoms with E-state index >= 15 is 0 Å². The van der Waals surface area contributed by atoms with Gasteiger partial charge in [0.1, 0.15) is 0 Å². The predicted molar refractivity (Wildman–Crippen MR) is 63.6 cm³/mol. The minimum absolute atomic E-state index is 0.327. The van der Waals surface area contributed by atoms with Crippen LogP contribution in [0, 0.1) is 6.92 Å². The number of hydrogen-bond acceptors (Lipinski definition) is 3. The lowest BCUT2D eigenvalue weighted by Gasteiger charge is -2.06.